The van der Waals surface area contributed by atoms with E-state index in [2.05, 4.69) is 9.44 Å². The zero-order valence-electron chi connectivity index (χ0n) is 15.2. The quantitative estimate of drug-likeness (QED) is 0.0706. The molecule has 1 fully saturated rings. The average Bonchev–Trinajstić information content (AvgIpc) is 2.61. The van der Waals surface area contributed by atoms with Gasteiger partial charge in [0.2, 0.25) is 0 Å². The Kier molecular flexibility index (Phi) is 11.4. The minimum atomic E-state index is -5.07. The van der Waals surface area contributed by atoms with Gasteiger partial charge in [-0.1, -0.05) is 29.8 Å². The molecular formula is C14H26NO10S3-. The summed E-state index contributed by atoms with van der Waals surface area (Å²) in [4.78, 5) is 0. The van der Waals surface area contributed by atoms with E-state index in [0.717, 1.165) is 31.0 Å². The van der Waals surface area contributed by atoms with Crippen LogP contribution >= 0.6 is 11.8 Å². The number of oxime groups is 1. The molecule has 11 nitrogen and oxygen atoms in total. The second-order valence-electron chi connectivity index (χ2n) is 6.22. The second-order valence-corrected chi connectivity index (χ2v) is 9.92. The number of unbranched alkanes of at least 4 members (excludes halogenated alkanes) is 3. The molecule has 0 aromatic heterocycles. The molecule has 0 radical (unpaired) electrons. The molecule has 0 bridgehead atoms. The summed E-state index contributed by atoms with van der Waals surface area (Å²) in [6, 6.07) is 0. The minimum absolute atomic E-state index is 0.0304. The van der Waals surface area contributed by atoms with Crippen LogP contribution in [-0.4, -0.2) is 91.1 Å². The summed E-state index contributed by atoms with van der Waals surface area (Å²) in [6.45, 7) is -0.612. The van der Waals surface area contributed by atoms with E-state index in [1.165, 1.54) is 0 Å². The molecule has 4 N–H and O–H groups in total. The summed E-state index contributed by atoms with van der Waals surface area (Å²) < 4.78 is 52.2. The van der Waals surface area contributed by atoms with Crippen molar-refractivity contribution >= 4 is 38.0 Å². The molecule has 0 aromatic rings. The van der Waals surface area contributed by atoms with Gasteiger partial charge in [0.25, 0.3) is 10.4 Å². The van der Waals surface area contributed by atoms with Gasteiger partial charge in [-0.05, 0) is 19.3 Å². The topological polar surface area (TPSA) is 186 Å². The Bertz CT molecular complexity index is 627. The van der Waals surface area contributed by atoms with Gasteiger partial charge in [-0.3, -0.25) is 8.49 Å². The molecule has 166 valence electrons. The van der Waals surface area contributed by atoms with Crippen molar-refractivity contribution in [2.24, 2.45) is 5.16 Å². The summed E-state index contributed by atoms with van der Waals surface area (Å²) in [6.07, 6.45) is -1.17. The first-order valence-corrected chi connectivity index (χ1v) is 12.5. The number of aliphatic hydroxyl groups is 4. The van der Waals surface area contributed by atoms with E-state index >= 15 is 0 Å². The van der Waals surface area contributed by atoms with Crippen LogP contribution in [0.1, 0.15) is 32.1 Å². The molecule has 28 heavy (non-hydrogen) atoms. The molecule has 14 heteroatoms. The van der Waals surface area contributed by atoms with Crippen LogP contribution in [0.3, 0.4) is 0 Å². The number of hydrogen-bond donors (Lipinski definition) is 4. The lowest BCUT2D eigenvalue weighted by Crippen LogP contribution is -2.57. The van der Waals surface area contributed by atoms with Gasteiger partial charge in [0.05, 0.1) is 6.61 Å². The van der Waals surface area contributed by atoms with Crippen LogP contribution in [0.15, 0.2) is 5.16 Å². The summed E-state index contributed by atoms with van der Waals surface area (Å²) in [5.41, 5.74) is -1.17. The number of aliphatic hydroxyl groups excluding tert-OH is 4. The first kappa shape index (κ1) is 25.7. The summed E-state index contributed by atoms with van der Waals surface area (Å²) in [5, 5.41) is 42.2. The minimum Gasteiger partial charge on any atom is -0.714 e. The van der Waals surface area contributed by atoms with E-state index < -0.39 is 57.7 Å². The maximum atomic E-state index is 11.0. The average molecular weight is 465 g/mol. The lowest BCUT2D eigenvalue weighted by Gasteiger charge is -2.39. The van der Waals surface area contributed by atoms with Crippen molar-refractivity contribution in [2.75, 3.05) is 18.6 Å². The first-order valence-electron chi connectivity index (χ1n) is 8.53. The standard InChI is InChI=1S/C14H27NO10S3/c1-27(20)7-5-3-2-4-6-10(15-25-28(21,22)23)26-14-13(19)12(18)11(17)9(8-16)24-14/h9,11-14,16-19H,2-8H2,1H3,(H,21,22,23)/p-1/b15-10-/t9-,11-,12+,13-,14+,27?/m1/s1. The van der Waals surface area contributed by atoms with Crippen LogP contribution in [-0.2, 0) is 30.2 Å². The number of hydrogen-bond acceptors (Lipinski definition) is 12. The summed E-state index contributed by atoms with van der Waals surface area (Å²) in [5.74, 6) is 0.581. The predicted molar refractivity (Wildman–Crippen MR) is 102 cm³/mol. The molecule has 0 amide bonds. The van der Waals surface area contributed by atoms with Crippen molar-refractivity contribution in [3.8, 4) is 0 Å². The van der Waals surface area contributed by atoms with Crippen molar-refractivity contribution in [3.05, 3.63) is 0 Å². The third-order valence-electron chi connectivity index (χ3n) is 3.90. The molecule has 1 aliphatic heterocycles. The number of nitrogens with zero attached hydrogens (tertiary/aromatic N) is 1. The number of ether oxygens (including phenoxy) is 1. The van der Waals surface area contributed by atoms with Gasteiger partial charge < -0.3 is 29.7 Å². The van der Waals surface area contributed by atoms with E-state index in [1.807, 2.05) is 0 Å². The maximum absolute atomic E-state index is 11.0. The van der Waals surface area contributed by atoms with Gasteiger partial charge in [0.15, 0.2) is 0 Å². The van der Waals surface area contributed by atoms with Crippen LogP contribution in [0.2, 0.25) is 0 Å². The van der Waals surface area contributed by atoms with Crippen LogP contribution in [0.25, 0.3) is 0 Å². The fourth-order valence-corrected chi connectivity index (χ4v) is 4.40. The molecule has 1 saturated heterocycles. The van der Waals surface area contributed by atoms with E-state index in [9.17, 15) is 37.6 Å². The largest absolute Gasteiger partial charge is 0.714 e. The van der Waals surface area contributed by atoms with Crippen LogP contribution in [0.5, 0.6) is 0 Å². The van der Waals surface area contributed by atoms with Crippen LogP contribution in [0.4, 0.5) is 0 Å². The zero-order chi connectivity index (χ0) is 21.3. The summed E-state index contributed by atoms with van der Waals surface area (Å²) >= 11 is 0.727. The lowest BCUT2D eigenvalue weighted by molar-refractivity contribution is -0.205. The van der Waals surface area contributed by atoms with Crippen LogP contribution < -0.4 is 0 Å². The van der Waals surface area contributed by atoms with E-state index in [4.69, 9.17) is 4.74 Å². The van der Waals surface area contributed by atoms with Crippen molar-refractivity contribution in [1.82, 2.24) is 0 Å². The van der Waals surface area contributed by atoms with Gasteiger partial charge in [-0.15, -0.1) is 0 Å². The smallest absolute Gasteiger partial charge is 0.284 e. The van der Waals surface area contributed by atoms with Crippen molar-refractivity contribution < 1.29 is 46.6 Å². The van der Waals surface area contributed by atoms with Gasteiger partial charge in [-0.25, -0.2) is 0 Å². The highest BCUT2D eigenvalue weighted by Gasteiger charge is 2.44. The second kappa shape index (κ2) is 12.4. The normalized spacial score (nSPS) is 30.2. The molecule has 0 aromatic carbocycles. The maximum Gasteiger partial charge on any atom is 0.284 e. The Labute approximate surface area is 170 Å². The third-order valence-corrected chi connectivity index (χ3v) is 6.20. The van der Waals surface area contributed by atoms with Gasteiger partial charge >= 0.3 is 0 Å². The third kappa shape index (κ3) is 9.45. The molecule has 1 aliphatic rings. The van der Waals surface area contributed by atoms with Crippen molar-refractivity contribution in [1.29, 1.82) is 0 Å². The van der Waals surface area contributed by atoms with Gasteiger partial charge in [-0.2, -0.15) is 8.42 Å². The van der Waals surface area contributed by atoms with Crippen molar-refractivity contribution in [3.63, 3.8) is 0 Å². The zero-order valence-corrected chi connectivity index (χ0v) is 17.7. The Hall–Kier alpha value is -0.320. The molecular weight excluding hydrogens is 438 g/mol. The predicted octanol–water partition coefficient (Wildman–Crippen LogP) is -1.36. The van der Waals surface area contributed by atoms with Crippen molar-refractivity contribution in [2.45, 2.75) is 62.0 Å². The molecule has 0 saturated carbocycles. The monoisotopic (exact) mass is 464 g/mol. The Morgan fingerprint density at radius 1 is 1.18 bits per heavy atom. The number of rotatable bonds is 11. The Morgan fingerprint density at radius 3 is 2.39 bits per heavy atom. The fourth-order valence-electron chi connectivity index (χ4n) is 2.45. The fraction of sp³-hybridized carbons (Fsp3) is 0.929. The van der Waals surface area contributed by atoms with Gasteiger partial charge in [0.1, 0.15) is 34.9 Å². The summed E-state index contributed by atoms with van der Waals surface area (Å²) in [7, 11) is -5.95. The highest BCUT2D eigenvalue weighted by atomic mass is 32.3. The highest BCUT2D eigenvalue weighted by molar-refractivity contribution is 8.14. The molecule has 1 unspecified atom stereocenters. The number of thioether (sulfide) groups is 1. The SMILES string of the molecule is CS(=O)CCCCCC/C(=N/OS(=O)(=O)[O-])S[C@@H]1O[C@H](CO)[C@@H](O)[C@H](O)[C@H]1O. The first-order chi connectivity index (χ1) is 13.0. The molecule has 0 spiro atoms. The molecule has 0 aliphatic carbocycles. The molecule has 1 rings (SSSR count). The van der Waals surface area contributed by atoms with Crippen LogP contribution in [0, 0.1) is 0 Å². The van der Waals surface area contributed by atoms with E-state index in [-0.39, 0.29) is 11.5 Å². The van der Waals surface area contributed by atoms with E-state index in [1.54, 1.807) is 6.26 Å². The van der Waals surface area contributed by atoms with E-state index in [0.29, 0.717) is 12.2 Å². The Morgan fingerprint density at radius 2 is 1.82 bits per heavy atom. The lowest BCUT2D eigenvalue weighted by atomic mass is 10.0. The molecule has 6 atom stereocenters. The van der Waals surface area contributed by atoms with Gasteiger partial charge in [0, 0.05) is 22.8 Å². The Balaban J connectivity index is 2.70. The highest BCUT2D eigenvalue weighted by Crippen LogP contribution is 2.30. The molecule has 1 heterocycles.